The number of unbranched alkanes of at least 4 members (excludes halogenated alkanes) is 15. The topological polar surface area (TPSA) is 56.6 Å². The monoisotopic (exact) mass is 420 g/mol. The fourth-order valence-corrected chi connectivity index (χ4v) is 4.04. The molecule has 0 aliphatic rings. The quantitative estimate of drug-likeness (QED) is 0.229. The molecular weight excluding hydrogens is 372 g/mol. The number of pyridine rings is 1. The molecule has 0 fully saturated rings. The van der Waals surface area contributed by atoms with Crippen LogP contribution in [-0.2, 0) is 13.2 Å². The SMILES string of the molecule is CCCCCCCCCCCCCCCCCCN(C)c1cc(CO)nc(CO)c1. The second-order valence-corrected chi connectivity index (χ2v) is 8.85. The van der Waals surface area contributed by atoms with E-state index in [9.17, 15) is 10.2 Å². The van der Waals surface area contributed by atoms with Gasteiger partial charge in [-0.15, -0.1) is 0 Å². The van der Waals surface area contributed by atoms with Gasteiger partial charge in [-0.25, -0.2) is 0 Å². The van der Waals surface area contributed by atoms with Crippen LogP contribution in [0.1, 0.15) is 121 Å². The van der Waals surface area contributed by atoms with Gasteiger partial charge in [0.2, 0.25) is 0 Å². The lowest BCUT2D eigenvalue weighted by Gasteiger charge is -2.20. The van der Waals surface area contributed by atoms with Crippen molar-refractivity contribution in [1.29, 1.82) is 0 Å². The van der Waals surface area contributed by atoms with Crippen molar-refractivity contribution in [2.75, 3.05) is 18.5 Å². The molecule has 4 nitrogen and oxygen atoms in total. The van der Waals surface area contributed by atoms with E-state index in [1.807, 2.05) is 12.1 Å². The van der Waals surface area contributed by atoms with Crippen molar-refractivity contribution in [2.45, 2.75) is 123 Å². The van der Waals surface area contributed by atoms with Crippen LogP contribution in [0.5, 0.6) is 0 Å². The molecule has 30 heavy (non-hydrogen) atoms. The zero-order valence-corrected chi connectivity index (χ0v) is 19.9. The highest BCUT2D eigenvalue weighted by Crippen LogP contribution is 2.18. The first-order valence-corrected chi connectivity index (χ1v) is 12.6. The molecule has 4 heteroatoms. The molecule has 0 saturated heterocycles. The molecule has 0 saturated carbocycles. The Morgan fingerprint density at radius 2 is 1.00 bits per heavy atom. The van der Waals surface area contributed by atoms with Gasteiger partial charge in [-0.2, -0.15) is 0 Å². The van der Waals surface area contributed by atoms with Gasteiger partial charge in [-0.05, 0) is 18.6 Å². The Bertz CT molecular complexity index is 500. The summed E-state index contributed by atoms with van der Waals surface area (Å²) in [5.41, 5.74) is 2.27. The summed E-state index contributed by atoms with van der Waals surface area (Å²) in [6.45, 7) is 3.10. The van der Waals surface area contributed by atoms with Gasteiger partial charge in [0, 0.05) is 19.3 Å². The molecule has 1 aromatic heterocycles. The lowest BCUT2D eigenvalue weighted by atomic mass is 10.0. The third kappa shape index (κ3) is 13.2. The molecule has 1 rings (SSSR count). The summed E-state index contributed by atoms with van der Waals surface area (Å²) >= 11 is 0. The number of anilines is 1. The summed E-state index contributed by atoms with van der Waals surface area (Å²) in [6, 6.07) is 3.82. The summed E-state index contributed by atoms with van der Waals surface area (Å²) in [4.78, 5) is 6.40. The summed E-state index contributed by atoms with van der Waals surface area (Å²) in [5.74, 6) is 0. The zero-order valence-electron chi connectivity index (χ0n) is 19.9. The molecule has 0 aliphatic heterocycles. The second kappa shape index (κ2) is 18.6. The second-order valence-electron chi connectivity index (χ2n) is 8.85. The first-order valence-electron chi connectivity index (χ1n) is 12.6. The minimum Gasteiger partial charge on any atom is -0.390 e. The molecule has 174 valence electrons. The van der Waals surface area contributed by atoms with E-state index in [-0.39, 0.29) is 13.2 Å². The number of aliphatic hydroxyl groups is 2. The Morgan fingerprint density at radius 1 is 0.633 bits per heavy atom. The third-order valence-corrected chi connectivity index (χ3v) is 6.03. The molecule has 2 N–H and O–H groups in total. The van der Waals surface area contributed by atoms with Gasteiger partial charge >= 0.3 is 0 Å². The molecule has 0 atom stereocenters. The highest BCUT2D eigenvalue weighted by Gasteiger charge is 2.06. The van der Waals surface area contributed by atoms with Gasteiger partial charge in [0.15, 0.2) is 0 Å². The van der Waals surface area contributed by atoms with Crippen LogP contribution in [0.25, 0.3) is 0 Å². The molecule has 0 spiro atoms. The van der Waals surface area contributed by atoms with Gasteiger partial charge in [0.05, 0.1) is 24.6 Å². The normalized spacial score (nSPS) is 11.2. The predicted molar refractivity (Wildman–Crippen MR) is 129 cm³/mol. The van der Waals surface area contributed by atoms with Crippen molar-refractivity contribution < 1.29 is 10.2 Å². The molecule has 1 heterocycles. The first kappa shape index (κ1) is 26.9. The number of nitrogens with zero attached hydrogens (tertiary/aromatic N) is 2. The van der Waals surface area contributed by atoms with E-state index in [1.54, 1.807) is 0 Å². The molecule has 1 aromatic rings. The van der Waals surface area contributed by atoms with E-state index in [2.05, 4.69) is 23.9 Å². The Hall–Kier alpha value is -1.13. The highest BCUT2D eigenvalue weighted by molar-refractivity contribution is 5.47. The van der Waals surface area contributed by atoms with Crippen molar-refractivity contribution in [3.8, 4) is 0 Å². The van der Waals surface area contributed by atoms with E-state index >= 15 is 0 Å². The van der Waals surface area contributed by atoms with Crippen LogP contribution >= 0.6 is 0 Å². The maximum Gasteiger partial charge on any atom is 0.0853 e. The fraction of sp³-hybridized carbons (Fsp3) is 0.808. The van der Waals surface area contributed by atoms with E-state index in [4.69, 9.17) is 0 Å². The number of hydrogen-bond donors (Lipinski definition) is 2. The Labute approximate surface area is 186 Å². The van der Waals surface area contributed by atoms with Crippen LogP contribution in [-0.4, -0.2) is 28.8 Å². The lowest BCUT2D eigenvalue weighted by molar-refractivity contribution is 0.265. The van der Waals surface area contributed by atoms with Gasteiger partial charge in [0.1, 0.15) is 0 Å². The highest BCUT2D eigenvalue weighted by atomic mass is 16.3. The molecule has 0 bridgehead atoms. The van der Waals surface area contributed by atoms with Crippen LogP contribution in [0.3, 0.4) is 0 Å². The van der Waals surface area contributed by atoms with Crippen molar-refractivity contribution in [1.82, 2.24) is 4.98 Å². The number of aromatic nitrogens is 1. The van der Waals surface area contributed by atoms with Crippen molar-refractivity contribution in [3.05, 3.63) is 23.5 Å². The van der Waals surface area contributed by atoms with Gasteiger partial charge in [-0.3, -0.25) is 4.98 Å². The van der Waals surface area contributed by atoms with Gasteiger partial charge < -0.3 is 15.1 Å². The average Bonchev–Trinajstić information content (AvgIpc) is 2.78. The van der Waals surface area contributed by atoms with Crippen LogP contribution in [0.4, 0.5) is 5.69 Å². The zero-order chi connectivity index (χ0) is 21.9. The molecule has 0 radical (unpaired) electrons. The maximum absolute atomic E-state index is 9.33. The minimum atomic E-state index is -0.0896. The van der Waals surface area contributed by atoms with Gasteiger partial charge in [0.25, 0.3) is 0 Å². The number of rotatable bonds is 20. The molecule has 0 unspecified atom stereocenters. The van der Waals surface area contributed by atoms with Crippen LogP contribution in [0.15, 0.2) is 12.1 Å². The van der Waals surface area contributed by atoms with Crippen LogP contribution < -0.4 is 4.90 Å². The van der Waals surface area contributed by atoms with Crippen LogP contribution in [0, 0.1) is 0 Å². The van der Waals surface area contributed by atoms with Crippen molar-refractivity contribution in [3.63, 3.8) is 0 Å². The fourth-order valence-electron chi connectivity index (χ4n) is 4.04. The van der Waals surface area contributed by atoms with Crippen molar-refractivity contribution in [2.24, 2.45) is 0 Å². The van der Waals surface area contributed by atoms with E-state index in [0.717, 1.165) is 12.2 Å². The maximum atomic E-state index is 9.33. The predicted octanol–water partition coefficient (Wildman–Crippen LogP) is 6.76. The summed E-state index contributed by atoms with van der Waals surface area (Å²) in [7, 11) is 2.07. The summed E-state index contributed by atoms with van der Waals surface area (Å²) < 4.78 is 0. The number of aliphatic hydroxyl groups excluding tert-OH is 2. The molecule has 0 aromatic carbocycles. The molecular formula is C26H48N2O2. The Kier molecular flexibility index (Phi) is 16.7. The van der Waals surface area contributed by atoms with E-state index in [1.165, 1.54) is 103 Å². The standard InChI is InChI=1S/C26H48N2O2/c1-3-4-5-6-7-8-9-10-11-12-13-14-15-16-17-18-19-28(2)26-20-24(22-29)27-25(21-26)23-30/h20-21,29-30H,3-19,22-23H2,1-2H3. The van der Waals surface area contributed by atoms with E-state index in [0.29, 0.717) is 11.4 Å². The largest absolute Gasteiger partial charge is 0.390 e. The summed E-state index contributed by atoms with van der Waals surface area (Å²) in [5, 5.41) is 18.7. The molecule has 0 amide bonds. The van der Waals surface area contributed by atoms with Crippen LogP contribution in [0.2, 0.25) is 0 Å². The smallest absolute Gasteiger partial charge is 0.0853 e. The van der Waals surface area contributed by atoms with E-state index < -0.39 is 0 Å². The first-order chi connectivity index (χ1) is 14.7. The molecule has 0 aliphatic carbocycles. The lowest BCUT2D eigenvalue weighted by Crippen LogP contribution is -2.19. The van der Waals surface area contributed by atoms with Gasteiger partial charge in [-0.1, -0.05) is 103 Å². The summed E-state index contributed by atoms with van der Waals surface area (Å²) in [6.07, 6.45) is 22.2. The Morgan fingerprint density at radius 3 is 1.37 bits per heavy atom. The Balaban J connectivity index is 1.94. The third-order valence-electron chi connectivity index (χ3n) is 6.03. The average molecular weight is 421 g/mol. The van der Waals surface area contributed by atoms with Crippen molar-refractivity contribution >= 4 is 5.69 Å². The number of hydrogen-bond acceptors (Lipinski definition) is 4. The minimum absolute atomic E-state index is 0.0896.